The predicted octanol–water partition coefficient (Wildman–Crippen LogP) is 3.46. The number of benzene rings is 2. The molecule has 0 radical (unpaired) electrons. The number of phenolic OH excluding ortho intramolecular Hbond substituents is 2. The highest BCUT2D eigenvalue weighted by Gasteiger charge is 2.38. The Hall–Kier alpha value is -4.27. The number of nitrogens with one attached hydrogen (secondary N) is 1. The van der Waals surface area contributed by atoms with E-state index in [9.17, 15) is 32.2 Å². The van der Waals surface area contributed by atoms with E-state index in [1.54, 1.807) is 31.2 Å². The lowest BCUT2D eigenvalue weighted by molar-refractivity contribution is 0.0286. The third kappa shape index (κ3) is 4.42. The van der Waals surface area contributed by atoms with Crippen LogP contribution in [0.1, 0.15) is 18.2 Å². The molecule has 0 bridgehead atoms. The van der Waals surface area contributed by atoms with Crippen LogP contribution in [0.5, 0.6) is 11.5 Å². The Morgan fingerprint density at radius 3 is 2.45 bits per heavy atom. The number of phenols is 2. The summed E-state index contributed by atoms with van der Waals surface area (Å²) in [5.74, 6) is -4.86. The average molecular weight is 600 g/mol. The van der Waals surface area contributed by atoms with Crippen molar-refractivity contribution in [3.63, 3.8) is 0 Å². The van der Waals surface area contributed by atoms with E-state index in [1.165, 1.54) is 23.2 Å². The maximum atomic E-state index is 14.9. The number of fused-ring (bicyclic) bond motifs is 3. The minimum atomic E-state index is -4.13. The number of hydrogen-bond acceptors (Lipinski definition) is 8. The highest BCUT2D eigenvalue weighted by Crippen LogP contribution is 2.43. The molecule has 0 aliphatic carbocycles. The molecule has 1 fully saturated rings. The van der Waals surface area contributed by atoms with Crippen LogP contribution in [-0.2, 0) is 27.7 Å². The van der Waals surface area contributed by atoms with Crippen LogP contribution in [0.15, 0.2) is 53.6 Å². The summed E-state index contributed by atoms with van der Waals surface area (Å²) in [4.78, 5) is 20.3. The molecule has 3 N–H and O–H groups in total. The molecule has 42 heavy (non-hydrogen) atoms. The van der Waals surface area contributed by atoms with Gasteiger partial charge in [-0.05, 0) is 25.1 Å². The zero-order valence-electron chi connectivity index (χ0n) is 22.4. The fourth-order valence-electron chi connectivity index (χ4n) is 5.51. The van der Waals surface area contributed by atoms with Gasteiger partial charge in [0, 0.05) is 55.0 Å². The zero-order chi connectivity index (χ0) is 29.8. The Morgan fingerprint density at radius 1 is 1.10 bits per heavy atom. The smallest absolute Gasteiger partial charge is 0.329 e. The maximum absolute atomic E-state index is 14.9. The van der Waals surface area contributed by atoms with Crippen LogP contribution in [0.2, 0.25) is 0 Å². The Bertz CT molecular complexity index is 1780. The second-order valence-corrected chi connectivity index (χ2v) is 11.8. The van der Waals surface area contributed by atoms with E-state index in [4.69, 9.17) is 4.74 Å². The second-order valence-electron chi connectivity index (χ2n) is 9.99. The van der Waals surface area contributed by atoms with Crippen molar-refractivity contribution in [3.8, 4) is 11.5 Å². The van der Waals surface area contributed by atoms with Crippen molar-refractivity contribution in [2.45, 2.75) is 30.9 Å². The number of ether oxygens (including phenoxy) is 1. The summed E-state index contributed by atoms with van der Waals surface area (Å²) < 4.78 is 64.8. The monoisotopic (exact) mass is 599 g/mol. The number of carbonyl (C=O) groups is 1. The van der Waals surface area contributed by atoms with Gasteiger partial charge in [-0.25, -0.2) is 30.9 Å². The number of morpholine rings is 1. The van der Waals surface area contributed by atoms with E-state index in [1.807, 2.05) is 0 Å². The van der Waals surface area contributed by atoms with Gasteiger partial charge in [0.05, 0.1) is 29.8 Å². The molecule has 1 atom stereocenters. The van der Waals surface area contributed by atoms with Crippen LogP contribution in [0, 0.1) is 11.6 Å². The molecular formula is C28H27F2N5O6S. The number of pyridine rings is 1. The molecule has 2 aliphatic rings. The SMILES string of the molecule is CCN1C(=O)N(c2c(F)c(O)cc(O)c2F)Cc2cnc3c(cc(CC4CNCCO4)n3S(=O)(=O)c3ccccc3)c21. The summed E-state index contributed by atoms with van der Waals surface area (Å²) in [6.07, 6.45) is 1.28. The van der Waals surface area contributed by atoms with Crippen molar-refractivity contribution in [1.29, 1.82) is 0 Å². The van der Waals surface area contributed by atoms with E-state index >= 15 is 0 Å². The van der Waals surface area contributed by atoms with Gasteiger partial charge in [0.25, 0.3) is 10.0 Å². The third-order valence-corrected chi connectivity index (χ3v) is 9.17. The molecule has 4 heterocycles. The Labute approximate surface area is 239 Å². The van der Waals surface area contributed by atoms with Crippen molar-refractivity contribution in [2.75, 3.05) is 36.0 Å². The van der Waals surface area contributed by atoms with E-state index in [0.717, 1.165) is 8.87 Å². The predicted molar refractivity (Wildman–Crippen MR) is 149 cm³/mol. The van der Waals surface area contributed by atoms with Gasteiger partial charge in [-0.3, -0.25) is 9.80 Å². The summed E-state index contributed by atoms with van der Waals surface area (Å²) >= 11 is 0. The number of rotatable bonds is 6. The summed E-state index contributed by atoms with van der Waals surface area (Å²) in [6, 6.07) is 9.24. The van der Waals surface area contributed by atoms with Crippen molar-refractivity contribution in [2.24, 2.45) is 0 Å². The van der Waals surface area contributed by atoms with Crippen molar-refractivity contribution in [3.05, 3.63) is 71.6 Å². The summed E-state index contributed by atoms with van der Waals surface area (Å²) in [6.45, 7) is 3.02. The van der Waals surface area contributed by atoms with Gasteiger partial charge in [0.1, 0.15) is 5.69 Å². The highest BCUT2D eigenvalue weighted by atomic mass is 32.2. The van der Waals surface area contributed by atoms with Gasteiger partial charge in [-0.1, -0.05) is 18.2 Å². The molecular weight excluding hydrogens is 572 g/mol. The van der Waals surface area contributed by atoms with Gasteiger partial charge in [0.15, 0.2) is 28.8 Å². The topological polar surface area (TPSA) is 137 Å². The highest BCUT2D eigenvalue weighted by molar-refractivity contribution is 7.90. The number of nitrogens with zero attached hydrogens (tertiary/aromatic N) is 4. The van der Waals surface area contributed by atoms with Gasteiger partial charge in [-0.2, -0.15) is 0 Å². The number of hydrogen-bond donors (Lipinski definition) is 3. The summed E-state index contributed by atoms with van der Waals surface area (Å²) in [5.41, 5.74) is 0.295. The van der Waals surface area contributed by atoms with Crippen LogP contribution >= 0.6 is 0 Å². The molecule has 2 aromatic carbocycles. The van der Waals surface area contributed by atoms with E-state index in [2.05, 4.69) is 10.3 Å². The van der Waals surface area contributed by atoms with Crippen molar-refractivity contribution >= 4 is 38.5 Å². The van der Waals surface area contributed by atoms with Crippen LogP contribution in [0.4, 0.5) is 25.0 Å². The zero-order valence-corrected chi connectivity index (χ0v) is 23.2. The molecule has 2 aromatic heterocycles. The number of amides is 2. The quantitative estimate of drug-likeness (QED) is 0.307. The second kappa shape index (κ2) is 10.5. The summed E-state index contributed by atoms with van der Waals surface area (Å²) in [5, 5.41) is 23.4. The molecule has 4 aromatic rings. The first-order chi connectivity index (χ1) is 20.1. The first-order valence-corrected chi connectivity index (χ1v) is 14.7. The molecule has 1 saturated heterocycles. The Morgan fingerprint density at radius 2 is 1.81 bits per heavy atom. The molecule has 2 aliphatic heterocycles. The van der Waals surface area contributed by atoms with E-state index in [-0.39, 0.29) is 36.2 Å². The molecule has 220 valence electrons. The first-order valence-electron chi connectivity index (χ1n) is 13.3. The Balaban J connectivity index is 1.55. The number of anilines is 2. The van der Waals surface area contributed by atoms with Crippen LogP contribution in [-0.4, -0.2) is 66.0 Å². The van der Waals surface area contributed by atoms with Crippen LogP contribution < -0.4 is 15.1 Å². The van der Waals surface area contributed by atoms with E-state index < -0.39 is 44.9 Å². The van der Waals surface area contributed by atoms with Crippen molar-refractivity contribution < 1.29 is 36.9 Å². The fraction of sp³-hybridized carbons (Fsp3) is 0.286. The lowest BCUT2D eigenvalue weighted by Crippen LogP contribution is -2.48. The first kappa shape index (κ1) is 27.9. The summed E-state index contributed by atoms with van der Waals surface area (Å²) in [7, 11) is -4.13. The van der Waals surface area contributed by atoms with Crippen molar-refractivity contribution in [1.82, 2.24) is 14.3 Å². The molecule has 11 nitrogen and oxygen atoms in total. The Kier molecular flexibility index (Phi) is 6.99. The number of urea groups is 1. The molecule has 1 unspecified atom stereocenters. The lowest BCUT2D eigenvalue weighted by atomic mass is 10.1. The molecule has 2 amide bonds. The molecule has 0 saturated carbocycles. The number of aromatic nitrogens is 2. The van der Waals surface area contributed by atoms with Gasteiger partial charge in [0.2, 0.25) is 0 Å². The molecule has 6 rings (SSSR count). The number of halogens is 2. The molecule has 0 spiro atoms. The van der Waals surface area contributed by atoms with Gasteiger partial charge >= 0.3 is 6.03 Å². The largest absolute Gasteiger partial charge is 0.505 e. The van der Waals surface area contributed by atoms with Crippen LogP contribution in [0.3, 0.4) is 0 Å². The number of carbonyl (C=O) groups excluding carboxylic acids is 1. The molecule has 14 heteroatoms. The van der Waals surface area contributed by atoms with E-state index in [0.29, 0.717) is 48.1 Å². The minimum Gasteiger partial charge on any atom is -0.505 e. The minimum absolute atomic E-state index is 0.0511. The maximum Gasteiger partial charge on any atom is 0.329 e. The number of aromatic hydroxyl groups is 2. The van der Waals surface area contributed by atoms with Gasteiger partial charge in [-0.15, -0.1) is 0 Å². The van der Waals surface area contributed by atoms with Crippen LogP contribution in [0.25, 0.3) is 11.0 Å². The lowest BCUT2D eigenvalue weighted by Gasteiger charge is -2.37. The average Bonchev–Trinajstić information content (AvgIpc) is 3.36. The third-order valence-electron chi connectivity index (χ3n) is 7.42. The normalized spacial score (nSPS) is 17.6. The van der Waals surface area contributed by atoms with Gasteiger partial charge < -0.3 is 20.3 Å². The fourth-order valence-corrected chi connectivity index (χ4v) is 7.03. The standard InChI is InChI=1S/C28H27F2N5O6S/c1-2-33-25-16(15-34(28(33)38)26-23(29)21(36)12-22(37)24(26)30)13-32-27-20(25)11-17(10-18-14-31-8-9-41-18)35(27)42(39,40)19-6-4-3-5-7-19/h3-7,11-13,18,31,36-37H,2,8-10,14-15H2,1H3.